The van der Waals surface area contributed by atoms with E-state index in [9.17, 15) is 0 Å². The number of hydrogen-bond acceptors (Lipinski definition) is 0. The van der Waals surface area contributed by atoms with Gasteiger partial charge in [0.1, 0.15) is 0 Å². The molecule has 0 radical (unpaired) electrons. The third kappa shape index (κ3) is 5.27. The normalized spacial score (nSPS) is 10.5. The van der Waals surface area contributed by atoms with Crippen molar-refractivity contribution in [1.29, 1.82) is 0 Å². The number of benzene rings is 6. The Bertz CT molecular complexity index is 2010. The fourth-order valence-electron chi connectivity index (χ4n) is 5.80. The number of rotatable bonds is 1. The zero-order valence-electron chi connectivity index (χ0n) is 22.0. The average Bonchev–Trinajstić information content (AvgIpc) is 3.52. The summed E-state index contributed by atoms with van der Waals surface area (Å²) in [5.74, 6) is 0. The second kappa shape index (κ2) is 12.5. The molecule has 0 unspecified atom stereocenters. The predicted octanol–water partition coefficient (Wildman–Crippen LogP) is 4.56. The summed E-state index contributed by atoms with van der Waals surface area (Å²) in [6.07, 6.45) is 0. The third-order valence-electron chi connectivity index (χ3n) is 7.48. The van der Waals surface area contributed by atoms with Gasteiger partial charge in [-0.25, -0.2) is 0 Å². The molecule has 0 atom stereocenters. The van der Waals surface area contributed by atoms with Crippen molar-refractivity contribution in [2.45, 2.75) is 6.92 Å². The van der Waals surface area contributed by atoms with Gasteiger partial charge in [-0.2, -0.15) is 6.07 Å². The Balaban J connectivity index is 0.000000198. The molecule has 192 valence electrons. The topological polar surface area (TPSA) is 0 Å². The fraction of sp³-hybridized carbons (Fsp3) is 0.0270. The molecule has 8 aromatic carbocycles. The van der Waals surface area contributed by atoms with Crippen LogP contribution in [-0.4, -0.2) is 0 Å². The average molecular weight is 633 g/mol. The summed E-state index contributed by atoms with van der Waals surface area (Å²) >= 11 is 0. The molecule has 0 amide bonds. The Morgan fingerprint density at radius 1 is 0.400 bits per heavy atom. The van der Waals surface area contributed by atoms with Crippen molar-refractivity contribution < 1.29 is 51.0 Å². The zero-order chi connectivity index (χ0) is 24.8. The van der Waals surface area contributed by atoms with Gasteiger partial charge in [-0.3, -0.25) is 0 Å². The van der Waals surface area contributed by atoms with Crippen molar-refractivity contribution in [3.63, 3.8) is 0 Å². The van der Waals surface area contributed by atoms with Crippen molar-refractivity contribution in [3.05, 3.63) is 145 Å². The molecule has 0 saturated carbocycles. The van der Waals surface area contributed by atoms with Crippen LogP contribution >= 0.6 is 0 Å². The molecule has 40 heavy (non-hydrogen) atoms. The smallest absolute Gasteiger partial charge is 1.00 e. The molecular formula is C37H26Cl2Zr. The van der Waals surface area contributed by atoms with E-state index in [4.69, 9.17) is 0 Å². The van der Waals surface area contributed by atoms with Crippen LogP contribution in [0.1, 0.15) is 5.56 Å². The maximum absolute atomic E-state index is 2.34. The molecule has 0 heterocycles. The summed E-state index contributed by atoms with van der Waals surface area (Å²) < 4.78 is 0. The van der Waals surface area contributed by atoms with Crippen molar-refractivity contribution >= 4 is 53.9 Å². The van der Waals surface area contributed by atoms with Gasteiger partial charge in [0.15, 0.2) is 0 Å². The predicted molar refractivity (Wildman–Crippen MR) is 162 cm³/mol. The number of aryl methyl sites for hydroxylation is 1. The standard InChI is InChI=1S/C24H17.C13H9.2ClH.Zr/c1-16-13-17-8-6-12-22(23(17)14-16)24-15-18-7-2-3-9-19(18)20-10-4-5-11-21(20)24;1-3-7-12-10(5-1)9-11-6-2-4-8-13(11)12;;;/h2-15H,1H3;1-9H;2*1H;/q2*-1;;;+4/p-2. The zero-order valence-corrected chi connectivity index (χ0v) is 26.0. The van der Waals surface area contributed by atoms with E-state index in [1.54, 1.807) is 0 Å². The first-order valence-electron chi connectivity index (χ1n) is 12.9. The quantitative estimate of drug-likeness (QED) is 0.184. The molecule has 0 aliphatic rings. The molecule has 8 rings (SSSR count). The molecule has 0 N–H and O–H groups in total. The van der Waals surface area contributed by atoms with E-state index < -0.39 is 0 Å². The summed E-state index contributed by atoms with van der Waals surface area (Å²) in [7, 11) is 0. The van der Waals surface area contributed by atoms with E-state index in [0.717, 1.165) is 0 Å². The summed E-state index contributed by atoms with van der Waals surface area (Å²) in [5.41, 5.74) is 3.96. The maximum Gasteiger partial charge on any atom is 4.00 e. The molecular weight excluding hydrogens is 607 g/mol. The summed E-state index contributed by atoms with van der Waals surface area (Å²) in [6, 6.07) is 50.2. The van der Waals surface area contributed by atoms with Gasteiger partial charge in [-0.1, -0.05) is 103 Å². The summed E-state index contributed by atoms with van der Waals surface area (Å²) in [5, 5.41) is 13.3. The molecule has 3 heteroatoms. The summed E-state index contributed by atoms with van der Waals surface area (Å²) in [4.78, 5) is 0. The van der Waals surface area contributed by atoms with Gasteiger partial charge in [0, 0.05) is 0 Å². The van der Waals surface area contributed by atoms with Crippen LogP contribution < -0.4 is 24.8 Å². The van der Waals surface area contributed by atoms with Gasteiger partial charge in [-0.05, 0) is 33.2 Å². The van der Waals surface area contributed by atoms with Gasteiger partial charge < -0.3 is 24.8 Å². The minimum Gasteiger partial charge on any atom is -1.00 e. The fourth-order valence-corrected chi connectivity index (χ4v) is 5.80. The molecule has 0 saturated heterocycles. The Morgan fingerprint density at radius 2 is 0.900 bits per heavy atom. The molecule has 0 aliphatic heterocycles. The van der Waals surface area contributed by atoms with Crippen molar-refractivity contribution in [1.82, 2.24) is 0 Å². The Hall–Kier alpha value is -3.22. The number of halogens is 2. The van der Waals surface area contributed by atoms with Gasteiger partial charge in [0.2, 0.25) is 0 Å². The van der Waals surface area contributed by atoms with Crippen molar-refractivity contribution in [2.24, 2.45) is 0 Å². The van der Waals surface area contributed by atoms with Crippen LogP contribution in [0.2, 0.25) is 0 Å². The van der Waals surface area contributed by atoms with Gasteiger partial charge >= 0.3 is 26.2 Å². The first-order valence-corrected chi connectivity index (χ1v) is 12.9. The summed E-state index contributed by atoms with van der Waals surface area (Å²) in [6.45, 7) is 2.17. The number of fused-ring (bicyclic) bond motifs is 7. The molecule has 0 spiro atoms. The molecule has 0 aromatic heterocycles. The van der Waals surface area contributed by atoms with E-state index in [0.29, 0.717) is 0 Å². The maximum atomic E-state index is 2.34. The van der Waals surface area contributed by atoms with E-state index in [2.05, 4.69) is 146 Å². The third-order valence-corrected chi connectivity index (χ3v) is 7.48. The van der Waals surface area contributed by atoms with Crippen LogP contribution in [0.25, 0.3) is 65.0 Å². The second-order valence-corrected chi connectivity index (χ2v) is 9.85. The minimum absolute atomic E-state index is 0. The molecule has 0 nitrogen and oxygen atoms in total. The van der Waals surface area contributed by atoms with Crippen LogP contribution in [-0.2, 0) is 26.2 Å². The second-order valence-electron chi connectivity index (χ2n) is 9.85. The van der Waals surface area contributed by atoms with E-state index in [1.165, 1.54) is 70.6 Å². The van der Waals surface area contributed by atoms with Crippen molar-refractivity contribution in [3.8, 4) is 11.1 Å². The number of hydrogen-bond donors (Lipinski definition) is 0. The first kappa shape index (κ1) is 29.8. The van der Waals surface area contributed by atoms with Gasteiger partial charge in [0.25, 0.3) is 0 Å². The molecule has 0 fully saturated rings. The molecule has 0 aliphatic carbocycles. The molecule has 8 aromatic rings. The Labute approximate surface area is 266 Å². The van der Waals surface area contributed by atoms with E-state index in [1.807, 2.05) is 0 Å². The molecule has 0 bridgehead atoms. The Morgan fingerprint density at radius 3 is 1.57 bits per heavy atom. The SMILES string of the molecule is Cc1cc2c(-c3cc4ccccc4c4ccccc34)cccc2[cH-]1.[Cl-].[Cl-].[Zr+4].c1ccc2c(c1)[cH-]c1ccccc12. The Kier molecular flexibility index (Phi) is 9.32. The minimum atomic E-state index is 0. The van der Waals surface area contributed by atoms with Crippen LogP contribution in [0.15, 0.2) is 140 Å². The van der Waals surface area contributed by atoms with E-state index >= 15 is 0 Å². The first-order chi connectivity index (χ1) is 18.3. The van der Waals surface area contributed by atoms with Crippen molar-refractivity contribution in [2.75, 3.05) is 0 Å². The monoisotopic (exact) mass is 630 g/mol. The van der Waals surface area contributed by atoms with Gasteiger partial charge in [0.05, 0.1) is 0 Å². The van der Waals surface area contributed by atoms with E-state index in [-0.39, 0.29) is 51.0 Å². The largest absolute Gasteiger partial charge is 4.00 e. The van der Waals surface area contributed by atoms with Crippen LogP contribution in [0, 0.1) is 6.92 Å². The van der Waals surface area contributed by atoms with Gasteiger partial charge in [-0.15, -0.1) is 74.3 Å². The van der Waals surface area contributed by atoms with Crippen LogP contribution in [0.4, 0.5) is 0 Å². The van der Waals surface area contributed by atoms with Crippen LogP contribution in [0.3, 0.4) is 0 Å². The van der Waals surface area contributed by atoms with Crippen LogP contribution in [0.5, 0.6) is 0 Å².